The van der Waals surface area contributed by atoms with Crippen molar-refractivity contribution in [1.29, 1.82) is 0 Å². The molecule has 0 spiro atoms. The summed E-state index contributed by atoms with van der Waals surface area (Å²) in [5.74, 6) is 0. The summed E-state index contributed by atoms with van der Waals surface area (Å²) in [6.07, 6.45) is -4.62. The predicted octanol–water partition coefficient (Wildman–Crippen LogP) is 3.88. The van der Waals surface area contributed by atoms with E-state index in [1.165, 1.54) is 0 Å². The van der Waals surface area contributed by atoms with E-state index in [-0.39, 0.29) is 6.61 Å². The minimum Gasteiger partial charge on any atom is -0.391 e. The van der Waals surface area contributed by atoms with Gasteiger partial charge in [0.05, 0.1) is 32.5 Å². The fraction of sp³-hybridized carbons (Fsp3) is 0.379. The van der Waals surface area contributed by atoms with Crippen molar-refractivity contribution in [2.45, 2.75) is 63.4 Å². The molecule has 6 atom stereocenters. The molecular formula is C29H34O6. The molecule has 0 aliphatic carbocycles. The first-order valence-corrected chi connectivity index (χ1v) is 12.1. The molecule has 186 valence electrons. The molecule has 0 unspecified atom stereocenters. The molecule has 1 saturated heterocycles. The largest absolute Gasteiger partial charge is 0.391 e. The first-order chi connectivity index (χ1) is 17.1. The molecule has 35 heavy (non-hydrogen) atoms. The first kappa shape index (κ1) is 25.5. The molecule has 0 amide bonds. The normalized spacial score (nSPS) is 25.3. The lowest BCUT2D eigenvalue weighted by atomic mass is 9.92. The zero-order valence-corrected chi connectivity index (χ0v) is 20.0. The summed E-state index contributed by atoms with van der Waals surface area (Å²) in [4.78, 5) is 0. The Balaban J connectivity index is 1.51. The van der Waals surface area contributed by atoms with E-state index in [1.54, 1.807) is 6.92 Å². The fourth-order valence-electron chi connectivity index (χ4n) is 4.28. The molecule has 1 aliphatic rings. The molecule has 4 rings (SSSR count). The zero-order chi connectivity index (χ0) is 24.5. The molecule has 0 saturated carbocycles. The average molecular weight is 479 g/mol. The van der Waals surface area contributed by atoms with E-state index in [4.69, 9.17) is 18.9 Å². The maximum atomic E-state index is 11.1. The van der Waals surface area contributed by atoms with Crippen LogP contribution in [0, 0.1) is 0 Å². The van der Waals surface area contributed by atoms with Gasteiger partial charge in [0.15, 0.2) is 0 Å². The van der Waals surface area contributed by atoms with Gasteiger partial charge in [-0.15, -0.1) is 0 Å². The van der Waals surface area contributed by atoms with E-state index in [0.29, 0.717) is 19.8 Å². The highest BCUT2D eigenvalue weighted by molar-refractivity contribution is 5.15. The van der Waals surface area contributed by atoms with Crippen LogP contribution in [0.5, 0.6) is 0 Å². The van der Waals surface area contributed by atoms with E-state index in [0.717, 1.165) is 16.7 Å². The van der Waals surface area contributed by atoms with Crippen LogP contribution in [0.1, 0.15) is 23.6 Å². The van der Waals surface area contributed by atoms with Crippen molar-refractivity contribution in [3.8, 4) is 0 Å². The second-order valence-corrected chi connectivity index (χ2v) is 8.89. The summed E-state index contributed by atoms with van der Waals surface area (Å²) in [5.41, 5.74) is 3.04. The van der Waals surface area contributed by atoms with Crippen LogP contribution in [0.25, 0.3) is 0 Å². The molecule has 2 N–H and O–H groups in total. The summed E-state index contributed by atoms with van der Waals surface area (Å²) in [6.45, 7) is 2.90. The maximum absolute atomic E-state index is 11.1. The van der Waals surface area contributed by atoms with Crippen LogP contribution in [0.4, 0.5) is 0 Å². The van der Waals surface area contributed by atoms with Gasteiger partial charge in [-0.1, -0.05) is 91.0 Å². The number of aliphatic hydroxyl groups is 2. The number of ether oxygens (including phenoxy) is 4. The highest BCUT2D eigenvalue weighted by atomic mass is 16.6. The van der Waals surface area contributed by atoms with Gasteiger partial charge in [-0.3, -0.25) is 0 Å². The molecule has 1 heterocycles. The molecule has 1 fully saturated rings. The number of hydrogen-bond acceptors (Lipinski definition) is 6. The molecule has 1 aliphatic heterocycles. The van der Waals surface area contributed by atoms with Gasteiger partial charge in [-0.2, -0.15) is 0 Å². The van der Waals surface area contributed by atoms with E-state index >= 15 is 0 Å². The molecule has 6 heteroatoms. The lowest BCUT2D eigenvalue weighted by Crippen LogP contribution is -2.62. The molecule has 0 aromatic heterocycles. The number of aliphatic hydroxyl groups excluding tert-OH is 2. The number of hydrogen-bond donors (Lipinski definition) is 2. The smallest absolute Gasteiger partial charge is 0.115 e. The minimum atomic E-state index is -1.06. The van der Waals surface area contributed by atoms with Crippen LogP contribution in [0.2, 0.25) is 0 Å². The molecular weight excluding hydrogens is 444 g/mol. The van der Waals surface area contributed by atoms with Gasteiger partial charge in [0.25, 0.3) is 0 Å². The highest BCUT2D eigenvalue weighted by Crippen LogP contribution is 2.29. The number of benzene rings is 3. The summed E-state index contributed by atoms with van der Waals surface area (Å²) in [5, 5.41) is 21.5. The Morgan fingerprint density at radius 2 is 1.17 bits per heavy atom. The average Bonchev–Trinajstić information content (AvgIpc) is 2.89. The third kappa shape index (κ3) is 7.21. The van der Waals surface area contributed by atoms with Crippen LogP contribution in [-0.4, -0.2) is 53.4 Å². The zero-order valence-electron chi connectivity index (χ0n) is 20.0. The van der Waals surface area contributed by atoms with Gasteiger partial charge >= 0.3 is 0 Å². The van der Waals surface area contributed by atoms with Crippen LogP contribution in [0.3, 0.4) is 0 Å². The third-order valence-electron chi connectivity index (χ3n) is 6.14. The summed E-state index contributed by atoms with van der Waals surface area (Å²) in [6, 6.07) is 29.5. The van der Waals surface area contributed by atoms with Gasteiger partial charge in [0.1, 0.15) is 30.5 Å². The van der Waals surface area contributed by atoms with Crippen molar-refractivity contribution >= 4 is 0 Å². The Morgan fingerprint density at radius 1 is 0.714 bits per heavy atom. The van der Waals surface area contributed by atoms with E-state index in [9.17, 15) is 10.2 Å². The Morgan fingerprint density at radius 3 is 1.66 bits per heavy atom. The standard InChI is InChI=1S/C29H34O6/c1-21(30)27-26(31)29(34-19-24-15-9-4-10-16-24)28(33-18-23-13-7-3-8-14-23)25(35-27)20-32-17-22-11-5-2-6-12-22/h2-16,21,25-31H,17-20H2,1H3/t21-,25-,26+,27-,28-,29-/m1/s1. The summed E-state index contributed by atoms with van der Waals surface area (Å²) < 4.78 is 24.7. The van der Waals surface area contributed by atoms with Crippen molar-refractivity contribution < 1.29 is 29.2 Å². The van der Waals surface area contributed by atoms with Crippen LogP contribution in [0.15, 0.2) is 91.0 Å². The van der Waals surface area contributed by atoms with Crippen molar-refractivity contribution in [1.82, 2.24) is 0 Å². The Kier molecular flexibility index (Phi) is 9.42. The number of rotatable bonds is 11. The Hall–Kier alpha value is -2.58. The Labute approximate surface area is 207 Å². The van der Waals surface area contributed by atoms with Gasteiger partial charge in [0, 0.05) is 0 Å². The quantitative estimate of drug-likeness (QED) is 0.436. The van der Waals surface area contributed by atoms with E-state index in [2.05, 4.69) is 0 Å². The molecule has 3 aromatic carbocycles. The van der Waals surface area contributed by atoms with Crippen LogP contribution in [-0.2, 0) is 38.8 Å². The second kappa shape index (κ2) is 12.9. The lowest BCUT2D eigenvalue weighted by Gasteiger charge is -2.45. The monoisotopic (exact) mass is 478 g/mol. The van der Waals surface area contributed by atoms with Crippen LogP contribution >= 0.6 is 0 Å². The Bertz CT molecular complexity index is 982. The van der Waals surface area contributed by atoms with Gasteiger partial charge in [-0.25, -0.2) is 0 Å². The van der Waals surface area contributed by atoms with Crippen molar-refractivity contribution in [3.05, 3.63) is 108 Å². The summed E-state index contributed by atoms with van der Waals surface area (Å²) in [7, 11) is 0. The van der Waals surface area contributed by atoms with E-state index in [1.807, 2.05) is 91.0 Å². The van der Waals surface area contributed by atoms with Crippen molar-refractivity contribution in [3.63, 3.8) is 0 Å². The SMILES string of the molecule is C[C@@H](O)[C@H]1O[C@H](COCc2ccccc2)[C@@H](OCc2ccccc2)[C@H](OCc2ccccc2)[C@H]1O. The second-order valence-electron chi connectivity index (χ2n) is 8.89. The maximum Gasteiger partial charge on any atom is 0.115 e. The van der Waals surface area contributed by atoms with Gasteiger partial charge < -0.3 is 29.2 Å². The molecule has 3 aromatic rings. The van der Waals surface area contributed by atoms with Crippen LogP contribution < -0.4 is 0 Å². The van der Waals surface area contributed by atoms with Crippen molar-refractivity contribution in [2.75, 3.05) is 6.61 Å². The highest BCUT2D eigenvalue weighted by Gasteiger charge is 2.48. The first-order valence-electron chi connectivity index (χ1n) is 12.1. The lowest BCUT2D eigenvalue weighted by molar-refractivity contribution is -0.274. The molecule has 0 radical (unpaired) electrons. The summed E-state index contributed by atoms with van der Waals surface area (Å²) >= 11 is 0. The minimum absolute atomic E-state index is 0.232. The van der Waals surface area contributed by atoms with Gasteiger partial charge in [0.2, 0.25) is 0 Å². The topological polar surface area (TPSA) is 77.4 Å². The predicted molar refractivity (Wildman–Crippen MR) is 132 cm³/mol. The third-order valence-corrected chi connectivity index (χ3v) is 6.14. The molecule has 6 nitrogen and oxygen atoms in total. The van der Waals surface area contributed by atoms with Crippen molar-refractivity contribution in [2.24, 2.45) is 0 Å². The fourth-order valence-corrected chi connectivity index (χ4v) is 4.28. The van der Waals surface area contributed by atoms with E-state index < -0.39 is 36.6 Å². The molecule has 0 bridgehead atoms. The van der Waals surface area contributed by atoms with Gasteiger partial charge in [-0.05, 0) is 23.6 Å².